The van der Waals surface area contributed by atoms with E-state index in [2.05, 4.69) is 5.32 Å². The fourth-order valence-corrected chi connectivity index (χ4v) is 2.76. The molecule has 0 aliphatic carbocycles. The number of thiophene rings is 1. The van der Waals surface area contributed by atoms with E-state index in [9.17, 15) is 9.59 Å². The van der Waals surface area contributed by atoms with Crippen LogP contribution in [0.2, 0.25) is 0 Å². The van der Waals surface area contributed by atoms with Crippen molar-refractivity contribution in [3.05, 3.63) is 51.7 Å². The second-order valence-electron chi connectivity index (χ2n) is 5.50. The zero-order valence-corrected chi connectivity index (χ0v) is 14.8. The van der Waals surface area contributed by atoms with Gasteiger partial charge in [0.25, 0.3) is 5.91 Å². The number of aryl methyl sites for hydroxylation is 2. The minimum absolute atomic E-state index is 0.108. The van der Waals surface area contributed by atoms with Crippen molar-refractivity contribution in [1.82, 2.24) is 5.32 Å². The van der Waals surface area contributed by atoms with Crippen LogP contribution in [0, 0.1) is 13.8 Å². The normalized spacial score (nSPS) is 11.6. The maximum atomic E-state index is 11.8. The molecule has 24 heavy (non-hydrogen) atoms. The van der Waals surface area contributed by atoms with E-state index >= 15 is 0 Å². The van der Waals surface area contributed by atoms with Gasteiger partial charge in [0.15, 0.2) is 13.2 Å². The Balaban J connectivity index is 1.70. The van der Waals surface area contributed by atoms with Gasteiger partial charge < -0.3 is 14.8 Å². The Bertz CT molecular complexity index is 697. The molecular formula is C18H21NO4S. The molecule has 6 heteroatoms. The van der Waals surface area contributed by atoms with Crippen LogP contribution in [-0.4, -0.2) is 25.1 Å². The van der Waals surface area contributed by atoms with Crippen molar-refractivity contribution in [1.29, 1.82) is 0 Å². The lowest BCUT2D eigenvalue weighted by molar-refractivity contribution is -0.150. The number of nitrogens with one attached hydrogen (secondary N) is 1. The van der Waals surface area contributed by atoms with E-state index in [4.69, 9.17) is 9.47 Å². The van der Waals surface area contributed by atoms with Crippen LogP contribution in [0.3, 0.4) is 0 Å². The smallest absolute Gasteiger partial charge is 0.344 e. The minimum Gasteiger partial charge on any atom is -0.482 e. The lowest BCUT2D eigenvalue weighted by Crippen LogP contribution is -2.31. The summed E-state index contributed by atoms with van der Waals surface area (Å²) in [6.45, 7) is 5.32. The second kappa shape index (κ2) is 8.49. The van der Waals surface area contributed by atoms with E-state index < -0.39 is 5.97 Å². The monoisotopic (exact) mass is 347 g/mol. The number of carbonyl (C=O) groups excluding carboxylic acids is 2. The Morgan fingerprint density at radius 2 is 1.96 bits per heavy atom. The van der Waals surface area contributed by atoms with Gasteiger partial charge in [-0.1, -0.05) is 12.1 Å². The molecule has 1 atom stereocenters. The predicted octanol–water partition coefficient (Wildman–Crippen LogP) is 3.16. The van der Waals surface area contributed by atoms with Gasteiger partial charge in [0.2, 0.25) is 0 Å². The van der Waals surface area contributed by atoms with Crippen LogP contribution < -0.4 is 10.1 Å². The Morgan fingerprint density at radius 1 is 1.17 bits per heavy atom. The van der Waals surface area contributed by atoms with E-state index in [1.54, 1.807) is 17.4 Å². The van der Waals surface area contributed by atoms with E-state index in [0.29, 0.717) is 5.75 Å². The van der Waals surface area contributed by atoms with Crippen LogP contribution in [-0.2, 0) is 14.3 Å². The molecule has 1 aromatic heterocycles. The first-order chi connectivity index (χ1) is 11.5. The molecule has 0 saturated heterocycles. The standard InChI is InChI=1S/C18H21NO4S/c1-12-6-7-15(9-13(12)2)22-11-18(21)23-10-17(20)19-14(3)16-5-4-8-24-16/h4-9,14H,10-11H2,1-3H3,(H,19,20)/t14-/m1/s1. The first kappa shape index (κ1) is 18.0. The lowest BCUT2D eigenvalue weighted by atomic mass is 10.1. The first-order valence-corrected chi connectivity index (χ1v) is 8.52. The van der Waals surface area contributed by atoms with E-state index in [-0.39, 0.29) is 25.2 Å². The summed E-state index contributed by atoms with van der Waals surface area (Å²) < 4.78 is 10.3. The minimum atomic E-state index is -0.577. The van der Waals surface area contributed by atoms with Gasteiger partial charge in [-0.05, 0) is 55.5 Å². The summed E-state index contributed by atoms with van der Waals surface area (Å²) >= 11 is 1.56. The van der Waals surface area contributed by atoms with E-state index in [1.165, 1.54) is 0 Å². The summed E-state index contributed by atoms with van der Waals surface area (Å²) in [6.07, 6.45) is 0. The molecule has 2 aromatic rings. The number of carbonyl (C=O) groups is 2. The van der Waals surface area contributed by atoms with Gasteiger partial charge in [-0.25, -0.2) is 4.79 Å². The maximum Gasteiger partial charge on any atom is 0.344 e. The molecule has 1 amide bonds. The Morgan fingerprint density at radius 3 is 2.62 bits per heavy atom. The summed E-state index contributed by atoms with van der Waals surface area (Å²) in [5, 5.41) is 4.73. The molecule has 0 fully saturated rings. The molecule has 0 aliphatic heterocycles. The summed E-state index contributed by atoms with van der Waals surface area (Å²) in [4.78, 5) is 24.5. The number of hydrogen-bond acceptors (Lipinski definition) is 5. The molecule has 2 rings (SSSR count). The van der Waals surface area contributed by atoms with Crippen molar-refractivity contribution in [2.75, 3.05) is 13.2 Å². The topological polar surface area (TPSA) is 64.6 Å². The lowest BCUT2D eigenvalue weighted by Gasteiger charge is -2.12. The van der Waals surface area contributed by atoms with Crippen LogP contribution in [0.1, 0.15) is 29.0 Å². The highest BCUT2D eigenvalue weighted by atomic mass is 32.1. The van der Waals surface area contributed by atoms with Gasteiger partial charge in [-0.2, -0.15) is 0 Å². The van der Waals surface area contributed by atoms with Gasteiger partial charge in [0.05, 0.1) is 6.04 Å². The molecule has 1 N–H and O–H groups in total. The van der Waals surface area contributed by atoms with E-state index in [0.717, 1.165) is 16.0 Å². The highest BCUT2D eigenvalue weighted by Gasteiger charge is 2.13. The molecule has 0 bridgehead atoms. The van der Waals surface area contributed by atoms with Gasteiger partial charge in [0, 0.05) is 4.88 Å². The number of hydrogen-bond donors (Lipinski definition) is 1. The maximum absolute atomic E-state index is 11.8. The Kier molecular flexibility index (Phi) is 6.37. The molecule has 0 aliphatic rings. The highest BCUT2D eigenvalue weighted by Crippen LogP contribution is 2.18. The van der Waals surface area contributed by atoms with Crippen LogP contribution in [0.4, 0.5) is 0 Å². The van der Waals surface area contributed by atoms with Crippen molar-refractivity contribution >= 4 is 23.2 Å². The number of amides is 1. The molecule has 5 nitrogen and oxygen atoms in total. The first-order valence-electron chi connectivity index (χ1n) is 7.64. The third kappa shape index (κ3) is 5.38. The Hall–Kier alpha value is -2.34. The van der Waals surface area contributed by atoms with Crippen molar-refractivity contribution in [2.24, 2.45) is 0 Å². The average Bonchev–Trinajstić information content (AvgIpc) is 3.08. The van der Waals surface area contributed by atoms with Gasteiger partial charge >= 0.3 is 5.97 Å². The van der Waals surface area contributed by atoms with Crippen LogP contribution in [0.5, 0.6) is 5.75 Å². The predicted molar refractivity (Wildman–Crippen MR) is 93.2 cm³/mol. The zero-order chi connectivity index (χ0) is 17.5. The molecule has 0 radical (unpaired) electrons. The van der Waals surface area contributed by atoms with Crippen molar-refractivity contribution < 1.29 is 19.1 Å². The number of ether oxygens (including phenoxy) is 2. The van der Waals surface area contributed by atoms with Crippen LogP contribution in [0.15, 0.2) is 35.7 Å². The second-order valence-corrected chi connectivity index (χ2v) is 6.48. The molecule has 1 aromatic carbocycles. The molecule has 0 spiro atoms. The highest BCUT2D eigenvalue weighted by molar-refractivity contribution is 7.10. The fourth-order valence-electron chi connectivity index (χ4n) is 2.03. The fraction of sp³-hybridized carbons (Fsp3) is 0.333. The number of esters is 1. The van der Waals surface area contributed by atoms with Gasteiger partial charge in [-0.3, -0.25) is 4.79 Å². The zero-order valence-electron chi connectivity index (χ0n) is 14.0. The molecule has 1 heterocycles. The molecule has 0 saturated carbocycles. The van der Waals surface area contributed by atoms with Crippen molar-refractivity contribution in [2.45, 2.75) is 26.8 Å². The SMILES string of the molecule is Cc1ccc(OCC(=O)OCC(=O)N[C@H](C)c2cccs2)cc1C. The Labute approximate surface area is 145 Å². The summed E-state index contributed by atoms with van der Waals surface area (Å²) in [5.74, 6) is -0.312. The quantitative estimate of drug-likeness (QED) is 0.782. The number of benzene rings is 1. The summed E-state index contributed by atoms with van der Waals surface area (Å²) in [5.41, 5.74) is 2.24. The molecular weight excluding hydrogens is 326 g/mol. The third-order valence-electron chi connectivity index (χ3n) is 3.55. The molecule has 128 valence electrons. The van der Waals surface area contributed by atoms with Crippen molar-refractivity contribution in [3.63, 3.8) is 0 Å². The third-order valence-corrected chi connectivity index (χ3v) is 4.60. The van der Waals surface area contributed by atoms with Gasteiger partial charge in [-0.15, -0.1) is 11.3 Å². The number of rotatable bonds is 7. The van der Waals surface area contributed by atoms with E-state index in [1.807, 2.05) is 50.4 Å². The summed E-state index contributed by atoms with van der Waals surface area (Å²) in [6, 6.07) is 9.34. The van der Waals surface area contributed by atoms with Crippen molar-refractivity contribution in [3.8, 4) is 5.75 Å². The largest absolute Gasteiger partial charge is 0.482 e. The van der Waals surface area contributed by atoms with Crippen LogP contribution >= 0.6 is 11.3 Å². The van der Waals surface area contributed by atoms with Gasteiger partial charge in [0.1, 0.15) is 5.75 Å². The summed E-state index contributed by atoms with van der Waals surface area (Å²) in [7, 11) is 0. The average molecular weight is 347 g/mol. The van der Waals surface area contributed by atoms with Crippen LogP contribution in [0.25, 0.3) is 0 Å². The molecule has 0 unspecified atom stereocenters.